The van der Waals surface area contributed by atoms with E-state index in [0.29, 0.717) is 11.8 Å². The summed E-state index contributed by atoms with van der Waals surface area (Å²) in [6.45, 7) is 10.2. The lowest BCUT2D eigenvalue weighted by Gasteiger charge is -2.33. The molecule has 1 heterocycles. The predicted octanol–water partition coefficient (Wildman–Crippen LogP) is 2.74. The molecule has 2 saturated carbocycles. The average molecular weight is 318 g/mol. The first-order valence-corrected chi connectivity index (χ1v) is 9.05. The van der Waals surface area contributed by atoms with Crippen LogP contribution in [0.1, 0.15) is 53.4 Å². The first-order chi connectivity index (χ1) is 10.8. The number of likely N-dealkylation sites (tertiary alicyclic amines) is 1. The van der Waals surface area contributed by atoms with Crippen LogP contribution in [0.3, 0.4) is 0 Å². The molecule has 2 atom stereocenters. The topological polar surface area (TPSA) is 49.4 Å². The summed E-state index contributed by atoms with van der Waals surface area (Å²) in [6.07, 6.45) is 6.14. The lowest BCUT2D eigenvalue weighted by Crippen LogP contribution is -2.47. The molecule has 3 fully saturated rings. The lowest BCUT2D eigenvalue weighted by atomic mass is 10.0. The van der Waals surface area contributed by atoms with Crippen LogP contribution in [0.15, 0.2) is 11.6 Å². The molecule has 1 aliphatic heterocycles. The zero-order valence-electron chi connectivity index (χ0n) is 14.9. The van der Waals surface area contributed by atoms with Crippen LogP contribution >= 0.6 is 0 Å². The number of nitrogens with one attached hydrogen (secondary N) is 1. The molecule has 0 aromatic heterocycles. The third kappa shape index (κ3) is 3.46. The summed E-state index contributed by atoms with van der Waals surface area (Å²) in [4.78, 5) is 26.7. The molecule has 4 heteroatoms. The van der Waals surface area contributed by atoms with E-state index in [1.165, 1.54) is 5.57 Å². The van der Waals surface area contributed by atoms with Crippen molar-refractivity contribution in [1.29, 1.82) is 0 Å². The molecule has 0 spiro atoms. The van der Waals surface area contributed by atoms with E-state index in [1.807, 2.05) is 4.90 Å². The second-order valence-corrected chi connectivity index (χ2v) is 8.45. The summed E-state index contributed by atoms with van der Waals surface area (Å²) in [5, 5.41) is 3.15. The highest BCUT2D eigenvalue weighted by molar-refractivity contribution is 5.84. The molecule has 3 rings (SSSR count). The molecule has 0 radical (unpaired) electrons. The SMILES string of the molecule is CC(C)=C[C@@H]1[C@@H](C(=O)N2CCC(NC(=O)C3CC3)CC2)C1(C)C. The molecule has 2 amide bonds. The van der Waals surface area contributed by atoms with Crippen LogP contribution in [-0.2, 0) is 9.59 Å². The first kappa shape index (κ1) is 16.5. The quantitative estimate of drug-likeness (QED) is 0.810. The number of piperidine rings is 1. The van der Waals surface area contributed by atoms with Crippen LogP contribution in [0, 0.1) is 23.2 Å². The number of rotatable bonds is 4. The third-order valence-electron chi connectivity index (χ3n) is 5.79. The van der Waals surface area contributed by atoms with Crippen molar-refractivity contribution in [1.82, 2.24) is 10.2 Å². The molecular weight excluding hydrogens is 288 g/mol. The first-order valence-electron chi connectivity index (χ1n) is 9.05. The van der Waals surface area contributed by atoms with Gasteiger partial charge in [0.05, 0.1) is 5.92 Å². The van der Waals surface area contributed by atoms with E-state index in [1.54, 1.807) is 0 Å². The van der Waals surface area contributed by atoms with E-state index in [9.17, 15) is 9.59 Å². The largest absolute Gasteiger partial charge is 0.353 e. The van der Waals surface area contributed by atoms with Crippen molar-refractivity contribution in [3.63, 3.8) is 0 Å². The summed E-state index contributed by atoms with van der Waals surface area (Å²) >= 11 is 0. The molecule has 3 aliphatic rings. The van der Waals surface area contributed by atoms with Crippen LogP contribution in [0.2, 0.25) is 0 Å². The van der Waals surface area contributed by atoms with E-state index in [0.717, 1.165) is 38.8 Å². The van der Waals surface area contributed by atoms with Gasteiger partial charge in [-0.3, -0.25) is 9.59 Å². The minimum Gasteiger partial charge on any atom is -0.353 e. The van der Waals surface area contributed by atoms with Crippen molar-refractivity contribution in [3.8, 4) is 0 Å². The Balaban J connectivity index is 1.50. The minimum absolute atomic E-state index is 0.0887. The maximum Gasteiger partial charge on any atom is 0.226 e. The Morgan fingerprint density at radius 3 is 2.22 bits per heavy atom. The fourth-order valence-corrected chi connectivity index (χ4v) is 3.92. The molecule has 23 heavy (non-hydrogen) atoms. The number of carbonyl (C=O) groups excluding carboxylic acids is 2. The van der Waals surface area contributed by atoms with Gasteiger partial charge in [-0.05, 0) is 50.9 Å². The summed E-state index contributed by atoms with van der Waals surface area (Å²) < 4.78 is 0. The van der Waals surface area contributed by atoms with Crippen molar-refractivity contribution in [3.05, 3.63) is 11.6 Å². The van der Waals surface area contributed by atoms with E-state index in [2.05, 4.69) is 39.1 Å². The second-order valence-electron chi connectivity index (χ2n) is 8.45. The van der Waals surface area contributed by atoms with Gasteiger partial charge in [-0.1, -0.05) is 25.5 Å². The van der Waals surface area contributed by atoms with E-state index < -0.39 is 0 Å². The van der Waals surface area contributed by atoms with Crippen LogP contribution in [0.4, 0.5) is 0 Å². The van der Waals surface area contributed by atoms with Gasteiger partial charge >= 0.3 is 0 Å². The fourth-order valence-electron chi connectivity index (χ4n) is 3.92. The molecule has 1 saturated heterocycles. The Morgan fingerprint density at radius 2 is 1.70 bits per heavy atom. The lowest BCUT2D eigenvalue weighted by molar-refractivity contribution is -0.134. The summed E-state index contributed by atoms with van der Waals surface area (Å²) in [7, 11) is 0. The summed E-state index contributed by atoms with van der Waals surface area (Å²) in [5.41, 5.74) is 1.38. The number of nitrogens with zero attached hydrogens (tertiary/aromatic N) is 1. The van der Waals surface area contributed by atoms with Crippen LogP contribution in [0.5, 0.6) is 0 Å². The third-order valence-corrected chi connectivity index (χ3v) is 5.79. The zero-order valence-corrected chi connectivity index (χ0v) is 14.9. The number of carbonyl (C=O) groups is 2. The van der Waals surface area contributed by atoms with Gasteiger partial charge < -0.3 is 10.2 Å². The number of amides is 2. The maximum absolute atomic E-state index is 12.8. The Bertz CT molecular complexity index is 521. The molecule has 0 aromatic carbocycles. The Hall–Kier alpha value is -1.32. The molecule has 0 aromatic rings. The van der Waals surface area contributed by atoms with Gasteiger partial charge in [0.15, 0.2) is 0 Å². The van der Waals surface area contributed by atoms with Crippen molar-refractivity contribution in [2.45, 2.75) is 59.4 Å². The normalized spacial score (nSPS) is 29.8. The second kappa shape index (κ2) is 5.95. The van der Waals surface area contributed by atoms with Gasteiger partial charge in [0.2, 0.25) is 11.8 Å². The van der Waals surface area contributed by atoms with Gasteiger partial charge in [-0.15, -0.1) is 0 Å². The van der Waals surface area contributed by atoms with E-state index in [-0.39, 0.29) is 29.2 Å². The molecule has 4 nitrogen and oxygen atoms in total. The number of allylic oxidation sites excluding steroid dienone is 2. The minimum atomic E-state index is 0.0887. The Morgan fingerprint density at radius 1 is 1.09 bits per heavy atom. The van der Waals surface area contributed by atoms with Gasteiger partial charge in [0.1, 0.15) is 0 Å². The van der Waals surface area contributed by atoms with E-state index in [4.69, 9.17) is 0 Å². The standard InChI is InChI=1S/C19H30N2O2/c1-12(2)11-15-16(19(15,3)4)18(23)21-9-7-14(8-10-21)20-17(22)13-5-6-13/h11,13-16H,5-10H2,1-4H3,(H,20,22)/t15-,16+/m1/s1. The van der Waals surface area contributed by atoms with Crippen molar-refractivity contribution < 1.29 is 9.59 Å². The van der Waals surface area contributed by atoms with Gasteiger partial charge in [-0.2, -0.15) is 0 Å². The Kier molecular flexibility index (Phi) is 4.28. The monoisotopic (exact) mass is 318 g/mol. The fraction of sp³-hybridized carbons (Fsp3) is 0.789. The number of hydrogen-bond donors (Lipinski definition) is 1. The molecule has 0 bridgehead atoms. The Labute approximate surface area is 139 Å². The average Bonchev–Trinajstić information content (AvgIpc) is 3.37. The molecule has 0 unspecified atom stereocenters. The van der Waals surface area contributed by atoms with Crippen LogP contribution in [0.25, 0.3) is 0 Å². The highest BCUT2D eigenvalue weighted by Gasteiger charge is 2.61. The summed E-state index contributed by atoms with van der Waals surface area (Å²) in [6, 6.07) is 0.257. The highest BCUT2D eigenvalue weighted by Crippen LogP contribution is 2.60. The number of hydrogen-bond acceptors (Lipinski definition) is 2. The zero-order chi connectivity index (χ0) is 16.8. The van der Waals surface area contributed by atoms with Crippen molar-refractivity contribution in [2.24, 2.45) is 23.2 Å². The highest BCUT2D eigenvalue weighted by atomic mass is 16.2. The smallest absolute Gasteiger partial charge is 0.226 e. The predicted molar refractivity (Wildman–Crippen MR) is 90.7 cm³/mol. The van der Waals surface area contributed by atoms with Crippen molar-refractivity contribution in [2.75, 3.05) is 13.1 Å². The van der Waals surface area contributed by atoms with Crippen molar-refractivity contribution >= 4 is 11.8 Å². The van der Waals surface area contributed by atoms with Crippen LogP contribution < -0.4 is 5.32 Å². The van der Waals surface area contributed by atoms with Gasteiger partial charge in [-0.25, -0.2) is 0 Å². The summed E-state index contributed by atoms with van der Waals surface area (Å²) in [5.74, 6) is 1.32. The van der Waals surface area contributed by atoms with Gasteiger partial charge in [0.25, 0.3) is 0 Å². The molecular formula is C19H30N2O2. The molecule has 128 valence electrons. The maximum atomic E-state index is 12.8. The molecule has 1 N–H and O–H groups in total. The van der Waals surface area contributed by atoms with E-state index >= 15 is 0 Å². The van der Waals surface area contributed by atoms with Crippen LogP contribution in [-0.4, -0.2) is 35.8 Å². The molecule has 2 aliphatic carbocycles. The van der Waals surface area contributed by atoms with Gasteiger partial charge in [0, 0.05) is 25.0 Å².